The van der Waals surface area contributed by atoms with Crippen molar-refractivity contribution in [2.75, 3.05) is 0 Å². The zero-order valence-electron chi connectivity index (χ0n) is 11.6. The first kappa shape index (κ1) is 13.1. The molecule has 2 aliphatic rings. The monoisotopic (exact) mass is 278 g/mol. The minimum absolute atomic E-state index is 0.0326. The molecule has 0 bridgehead atoms. The summed E-state index contributed by atoms with van der Waals surface area (Å²) in [5.74, 6) is 1.07. The van der Waals surface area contributed by atoms with E-state index in [0.29, 0.717) is 18.1 Å². The highest BCUT2D eigenvalue weighted by atomic mass is 16.5. The number of piperazine rings is 1. The van der Waals surface area contributed by atoms with E-state index in [0.717, 1.165) is 12.8 Å². The third-order valence-electron chi connectivity index (χ3n) is 3.88. The fraction of sp³-hybridized carbons (Fsp3) is 0.692. The molecule has 0 radical (unpaired) electrons. The molecule has 3 rings (SSSR count). The Morgan fingerprint density at radius 2 is 2.15 bits per heavy atom. The first-order valence-electron chi connectivity index (χ1n) is 7.00. The van der Waals surface area contributed by atoms with Gasteiger partial charge in [0.05, 0.1) is 0 Å². The molecule has 2 heterocycles. The summed E-state index contributed by atoms with van der Waals surface area (Å²) in [6.45, 7) is 3.82. The van der Waals surface area contributed by atoms with Gasteiger partial charge in [0, 0.05) is 0 Å². The number of nitrogens with zero attached hydrogens (tertiary/aromatic N) is 3. The van der Waals surface area contributed by atoms with Crippen molar-refractivity contribution in [3.8, 4) is 0 Å². The molecule has 0 spiro atoms. The van der Waals surface area contributed by atoms with Gasteiger partial charge in [0.25, 0.3) is 0 Å². The minimum atomic E-state index is -0.454. The van der Waals surface area contributed by atoms with E-state index in [9.17, 15) is 9.59 Å². The first-order chi connectivity index (χ1) is 9.60. The van der Waals surface area contributed by atoms with Gasteiger partial charge in [0.15, 0.2) is 5.82 Å². The number of hydrogen-bond donors (Lipinski definition) is 1. The van der Waals surface area contributed by atoms with Crippen molar-refractivity contribution in [1.82, 2.24) is 20.4 Å². The number of nitrogens with one attached hydrogen (secondary N) is 1. The molecule has 2 unspecified atom stereocenters. The van der Waals surface area contributed by atoms with Crippen molar-refractivity contribution in [3.05, 3.63) is 11.7 Å². The van der Waals surface area contributed by atoms with E-state index < -0.39 is 6.04 Å². The number of amides is 2. The van der Waals surface area contributed by atoms with Gasteiger partial charge >= 0.3 is 0 Å². The van der Waals surface area contributed by atoms with Crippen molar-refractivity contribution in [3.63, 3.8) is 0 Å². The van der Waals surface area contributed by atoms with Gasteiger partial charge in [-0.3, -0.25) is 9.59 Å². The topological polar surface area (TPSA) is 88.3 Å². The standard InChI is InChI=1S/C13H18N4O3/c1-3-9-12(18)15-11(8-4-5-8)13(19)17(9)6-10-14-7(2)16-20-10/h8-9,11H,3-6H2,1-2H3,(H,15,18). The van der Waals surface area contributed by atoms with Crippen LogP contribution in [0.15, 0.2) is 4.52 Å². The Bertz CT molecular complexity index is 537. The maximum Gasteiger partial charge on any atom is 0.246 e. The summed E-state index contributed by atoms with van der Waals surface area (Å²) in [5, 5.41) is 6.57. The highest BCUT2D eigenvalue weighted by molar-refractivity contribution is 5.97. The van der Waals surface area contributed by atoms with Crippen molar-refractivity contribution < 1.29 is 14.1 Å². The van der Waals surface area contributed by atoms with Crippen LogP contribution >= 0.6 is 0 Å². The summed E-state index contributed by atoms with van der Waals surface area (Å²) in [5.41, 5.74) is 0. The summed E-state index contributed by atoms with van der Waals surface area (Å²) in [6.07, 6.45) is 2.57. The Morgan fingerprint density at radius 1 is 1.40 bits per heavy atom. The predicted octanol–water partition coefficient (Wildman–Crippen LogP) is 0.394. The van der Waals surface area contributed by atoms with Gasteiger partial charge in [0.1, 0.15) is 18.6 Å². The number of rotatable bonds is 4. The van der Waals surface area contributed by atoms with E-state index >= 15 is 0 Å². The second kappa shape index (κ2) is 4.88. The van der Waals surface area contributed by atoms with Crippen LogP contribution in [0.4, 0.5) is 0 Å². The molecule has 1 aliphatic heterocycles. The molecule has 1 aromatic rings. The Hall–Kier alpha value is -1.92. The maximum absolute atomic E-state index is 12.6. The smallest absolute Gasteiger partial charge is 0.246 e. The number of carbonyl (C=O) groups excluding carboxylic acids is 2. The Balaban J connectivity index is 1.82. The molecule has 7 nitrogen and oxygen atoms in total. The Kier molecular flexibility index (Phi) is 3.19. The second-order valence-corrected chi connectivity index (χ2v) is 5.45. The van der Waals surface area contributed by atoms with E-state index in [4.69, 9.17) is 4.52 Å². The third kappa shape index (κ3) is 2.28. The molecule has 2 fully saturated rings. The van der Waals surface area contributed by atoms with Gasteiger partial charge in [-0.1, -0.05) is 12.1 Å². The van der Waals surface area contributed by atoms with E-state index in [1.54, 1.807) is 11.8 Å². The molecular formula is C13H18N4O3. The lowest BCUT2D eigenvalue weighted by atomic mass is 10.0. The Morgan fingerprint density at radius 3 is 2.70 bits per heavy atom. The average Bonchev–Trinajstić information content (AvgIpc) is 3.17. The van der Waals surface area contributed by atoms with Gasteiger partial charge in [-0.2, -0.15) is 4.98 Å². The van der Waals surface area contributed by atoms with Crippen LogP contribution in [0.5, 0.6) is 0 Å². The summed E-state index contributed by atoms with van der Waals surface area (Å²) in [4.78, 5) is 30.4. The maximum atomic E-state index is 12.6. The number of hydrogen-bond acceptors (Lipinski definition) is 5. The van der Waals surface area contributed by atoms with Crippen molar-refractivity contribution in [2.24, 2.45) is 5.92 Å². The Labute approximate surface area is 116 Å². The molecule has 0 aromatic carbocycles. The highest BCUT2D eigenvalue weighted by Gasteiger charge is 2.46. The van der Waals surface area contributed by atoms with Crippen LogP contribution in [0.2, 0.25) is 0 Å². The molecule has 1 aliphatic carbocycles. The average molecular weight is 278 g/mol. The molecule has 2 atom stereocenters. The molecule has 1 aromatic heterocycles. The van der Waals surface area contributed by atoms with E-state index in [1.165, 1.54) is 0 Å². The largest absolute Gasteiger partial charge is 0.342 e. The van der Waals surface area contributed by atoms with Crippen LogP contribution in [-0.4, -0.2) is 38.9 Å². The first-order valence-corrected chi connectivity index (χ1v) is 7.00. The molecule has 2 amide bonds. The highest BCUT2D eigenvalue weighted by Crippen LogP contribution is 2.35. The molecular weight excluding hydrogens is 260 g/mol. The number of aromatic nitrogens is 2. The molecule has 1 saturated heterocycles. The predicted molar refractivity (Wildman–Crippen MR) is 68.3 cm³/mol. The van der Waals surface area contributed by atoms with E-state index in [-0.39, 0.29) is 30.3 Å². The summed E-state index contributed by atoms with van der Waals surface area (Å²) in [7, 11) is 0. The van der Waals surface area contributed by atoms with Crippen LogP contribution in [0.1, 0.15) is 37.9 Å². The van der Waals surface area contributed by atoms with Crippen LogP contribution < -0.4 is 5.32 Å². The van der Waals surface area contributed by atoms with Crippen LogP contribution in [0, 0.1) is 12.8 Å². The van der Waals surface area contributed by atoms with Crippen LogP contribution in [0.25, 0.3) is 0 Å². The van der Waals surface area contributed by atoms with Gasteiger partial charge in [0.2, 0.25) is 17.7 Å². The summed E-state index contributed by atoms with van der Waals surface area (Å²) >= 11 is 0. The van der Waals surface area contributed by atoms with Gasteiger partial charge in [-0.05, 0) is 32.1 Å². The SMILES string of the molecule is CCC1C(=O)NC(C2CC2)C(=O)N1Cc1nc(C)no1. The van der Waals surface area contributed by atoms with Gasteiger partial charge in [-0.15, -0.1) is 0 Å². The van der Waals surface area contributed by atoms with E-state index in [1.807, 2.05) is 6.92 Å². The lowest BCUT2D eigenvalue weighted by molar-refractivity contribution is -0.151. The normalized spacial score (nSPS) is 26.8. The molecule has 108 valence electrons. The fourth-order valence-electron chi connectivity index (χ4n) is 2.68. The molecule has 1 N–H and O–H groups in total. The second-order valence-electron chi connectivity index (χ2n) is 5.45. The van der Waals surface area contributed by atoms with Crippen molar-refractivity contribution >= 4 is 11.8 Å². The number of aryl methyl sites for hydroxylation is 1. The fourth-order valence-corrected chi connectivity index (χ4v) is 2.68. The van der Waals surface area contributed by atoms with Crippen LogP contribution in [-0.2, 0) is 16.1 Å². The quantitative estimate of drug-likeness (QED) is 0.861. The zero-order valence-corrected chi connectivity index (χ0v) is 11.6. The van der Waals surface area contributed by atoms with Gasteiger partial charge < -0.3 is 14.7 Å². The lowest BCUT2D eigenvalue weighted by Gasteiger charge is -2.38. The van der Waals surface area contributed by atoms with Crippen LogP contribution in [0.3, 0.4) is 0 Å². The van der Waals surface area contributed by atoms with Crippen molar-refractivity contribution in [2.45, 2.75) is 51.7 Å². The summed E-state index contributed by atoms with van der Waals surface area (Å²) in [6, 6.07) is -0.834. The molecule has 20 heavy (non-hydrogen) atoms. The third-order valence-corrected chi connectivity index (χ3v) is 3.88. The minimum Gasteiger partial charge on any atom is -0.342 e. The number of carbonyl (C=O) groups is 2. The van der Waals surface area contributed by atoms with Gasteiger partial charge in [-0.25, -0.2) is 0 Å². The zero-order chi connectivity index (χ0) is 14.3. The summed E-state index contributed by atoms with van der Waals surface area (Å²) < 4.78 is 5.07. The molecule has 1 saturated carbocycles. The molecule has 7 heteroatoms. The van der Waals surface area contributed by atoms with Crippen molar-refractivity contribution in [1.29, 1.82) is 0 Å². The lowest BCUT2D eigenvalue weighted by Crippen LogP contribution is -2.63. The van der Waals surface area contributed by atoms with E-state index in [2.05, 4.69) is 15.5 Å².